The fourth-order valence-corrected chi connectivity index (χ4v) is 5.84. The van der Waals surface area contributed by atoms with E-state index in [1.54, 1.807) is 24.3 Å². The van der Waals surface area contributed by atoms with Crippen LogP contribution in [0.3, 0.4) is 0 Å². The molecule has 3 rings (SSSR count). The van der Waals surface area contributed by atoms with Gasteiger partial charge in [-0.15, -0.1) is 23.7 Å². The maximum Gasteiger partial charge on any atom is 0.243 e. The minimum Gasteiger partial charge on any atom is -0.300 e. The second kappa shape index (κ2) is 9.96. The maximum atomic E-state index is 12.7. The lowest BCUT2D eigenvalue weighted by Crippen LogP contribution is -2.48. The first kappa shape index (κ1) is 23.0. The summed E-state index contributed by atoms with van der Waals surface area (Å²) in [5, 5.41) is 0. The second-order valence-electron chi connectivity index (χ2n) is 5.98. The van der Waals surface area contributed by atoms with Crippen molar-refractivity contribution in [2.45, 2.75) is 11.3 Å². The van der Waals surface area contributed by atoms with E-state index in [2.05, 4.69) is 36.8 Å². The zero-order valence-corrected chi connectivity index (χ0v) is 19.9. The molecule has 1 aliphatic rings. The molecule has 27 heavy (non-hydrogen) atoms. The number of Topliss-reactive ketones (excluding diaryl/α,β-unsaturated/α-hetero) is 1. The Morgan fingerprint density at radius 1 is 1.00 bits per heavy atom. The monoisotopic (exact) mass is 556 g/mol. The van der Waals surface area contributed by atoms with Crippen LogP contribution in [0.5, 0.6) is 0 Å². The molecule has 0 unspecified atom stereocenters. The summed E-state index contributed by atoms with van der Waals surface area (Å²) in [6, 6.07) is 10.4. The van der Waals surface area contributed by atoms with Crippen molar-refractivity contribution >= 4 is 71.4 Å². The number of nitrogens with zero attached hydrogens (tertiary/aromatic N) is 2. The van der Waals surface area contributed by atoms with Crippen LogP contribution in [0.1, 0.15) is 16.1 Å². The Balaban J connectivity index is 0.00000261. The number of sulfonamides is 1. The van der Waals surface area contributed by atoms with Gasteiger partial charge in [-0.2, -0.15) is 4.31 Å². The highest BCUT2D eigenvalue weighted by atomic mass is 79.9. The number of hydrogen-bond acceptors (Lipinski definition) is 5. The first-order valence-electron chi connectivity index (χ1n) is 8.13. The molecule has 1 aromatic heterocycles. The largest absolute Gasteiger partial charge is 0.300 e. The average Bonchev–Trinajstić information content (AvgIpc) is 3.07. The smallest absolute Gasteiger partial charge is 0.243 e. The number of rotatable bonds is 6. The predicted octanol–water partition coefficient (Wildman–Crippen LogP) is 4.27. The number of carbonyl (C=O) groups is 1. The number of hydrogen-bond donors (Lipinski definition) is 0. The van der Waals surface area contributed by atoms with Gasteiger partial charge in [0, 0.05) is 43.6 Å². The predicted molar refractivity (Wildman–Crippen MR) is 118 cm³/mol. The summed E-state index contributed by atoms with van der Waals surface area (Å²) in [7, 11) is -3.46. The van der Waals surface area contributed by atoms with Gasteiger partial charge in [0.2, 0.25) is 10.0 Å². The molecular formula is C17H19Br2ClN2O3S2. The average molecular weight is 559 g/mol. The van der Waals surface area contributed by atoms with Crippen LogP contribution < -0.4 is 0 Å². The molecule has 2 aromatic rings. The third kappa shape index (κ3) is 5.85. The number of ketones is 1. The SMILES string of the molecule is Cl.O=C(CCN1CCN(S(=O)(=O)c2ccc(Br)cc2)CC1)c1ccc(Br)s1. The highest BCUT2D eigenvalue weighted by Gasteiger charge is 2.28. The molecule has 0 saturated carbocycles. The number of thiophene rings is 1. The molecule has 10 heteroatoms. The normalized spacial score (nSPS) is 16.1. The van der Waals surface area contributed by atoms with Crippen molar-refractivity contribution < 1.29 is 13.2 Å². The fraction of sp³-hybridized carbons (Fsp3) is 0.353. The van der Waals surface area contributed by atoms with Gasteiger partial charge in [-0.25, -0.2) is 8.42 Å². The molecular weight excluding hydrogens is 540 g/mol. The van der Waals surface area contributed by atoms with E-state index in [9.17, 15) is 13.2 Å². The molecule has 148 valence electrons. The Bertz CT molecular complexity index is 880. The van der Waals surface area contributed by atoms with Crippen molar-refractivity contribution in [3.8, 4) is 0 Å². The topological polar surface area (TPSA) is 57.7 Å². The molecule has 1 fully saturated rings. The zero-order valence-electron chi connectivity index (χ0n) is 14.3. The van der Waals surface area contributed by atoms with Gasteiger partial charge in [-0.1, -0.05) is 15.9 Å². The molecule has 5 nitrogen and oxygen atoms in total. The number of piperazine rings is 1. The first-order chi connectivity index (χ1) is 12.4. The summed E-state index contributed by atoms with van der Waals surface area (Å²) >= 11 is 8.13. The standard InChI is InChI=1S/C17H18Br2N2O3S2.ClH/c18-13-1-3-14(4-2-13)26(23,24)21-11-9-20(10-12-21)8-7-15(22)16-5-6-17(19)25-16;/h1-6H,7-12H2;1H. The number of halogens is 3. The van der Waals surface area contributed by atoms with Gasteiger partial charge in [-0.3, -0.25) is 4.79 Å². The molecule has 0 spiro atoms. The third-order valence-electron chi connectivity index (χ3n) is 4.29. The van der Waals surface area contributed by atoms with Crippen LogP contribution in [0.25, 0.3) is 0 Å². The maximum absolute atomic E-state index is 12.7. The summed E-state index contributed by atoms with van der Waals surface area (Å²) in [6.45, 7) is 2.81. The van der Waals surface area contributed by atoms with E-state index in [1.807, 2.05) is 12.1 Å². The van der Waals surface area contributed by atoms with E-state index in [-0.39, 0.29) is 18.2 Å². The van der Waals surface area contributed by atoms with Crippen molar-refractivity contribution in [3.05, 3.63) is 49.5 Å². The summed E-state index contributed by atoms with van der Waals surface area (Å²) in [6.07, 6.45) is 0.451. The molecule has 2 heterocycles. The molecule has 0 radical (unpaired) electrons. The Hall–Kier alpha value is -0.290. The van der Waals surface area contributed by atoms with Crippen LogP contribution in [0.4, 0.5) is 0 Å². The second-order valence-corrected chi connectivity index (χ2v) is 11.3. The molecule has 0 amide bonds. The summed E-state index contributed by atoms with van der Waals surface area (Å²) in [5.41, 5.74) is 0. The van der Waals surface area contributed by atoms with Gasteiger partial charge in [0.1, 0.15) is 0 Å². The minimum absolute atomic E-state index is 0. The van der Waals surface area contributed by atoms with Gasteiger partial charge in [0.05, 0.1) is 13.6 Å². The van der Waals surface area contributed by atoms with Crippen molar-refractivity contribution in [2.24, 2.45) is 0 Å². The van der Waals surface area contributed by atoms with Gasteiger partial charge in [-0.05, 0) is 52.3 Å². The first-order valence-corrected chi connectivity index (χ1v) is 12.0. The van der Waals surface area contributed by atoms with E-state index in [0.29, 0.717) is 44.0 Å². The molecule has 1 aromatic carbocycles. The summed E-state index contributed by atoms with van der Waals surface area (Å²) in [4.78, 5) is 15.4. The van der Waals surface area contributed by atoms with Gasteiger partial charge in [0.25, 0.3) is 0 Å². The lowest BCUT2D eigenvalue weighted by molar-refractivity contribution is 0.0956. The zero-order chi connectivity index (χ0) is 18.7. The van der Waals surface area contributed by atoms with Crippen LogP contribution in [0.2, 0.25) is 0 Å². The minimum atomic E-state index is -3.46. The van der Waals surface area contributed by atoms with E-state index < -0.39 is 10.0 Å². The molecule has 1 aliphatic heterocycles. The van der Waals surface area contributed by atoms with Gasteiger partial charge >= 0.3 is 0 Å². The van der Waals surface area contributed by atoms with Crippen LogP contribution in [0, 0.1) is 0 Å². The van der Waals surface area contributed by atoms with E-state index in [0.717, 1.165) is 13.1 Å². The lowest BCUT2D eigenvalue weighted by atomic mass is 10.2. The molecule has 0 N–H and O–H groups in total. The Kier molecular flexibility index (Phi) is 8.48. The van der Waals surface area contributed by atoms with Crippen molar-refractivity contribution in [2.75, 3.05) is 32.7 Å². The van der Waals surface area contributed by atoms with Crippen LogP contribution in [0.15, 0.2) is 49.6 Å². The number of benzene rings is 1. The van der Waals surface area contributed by atoms with Gasteiger partial charge in [0.15, 0.2) is 5.78 Å². The molecule has 0 bridgehead atoms. The quantitative estimate of drug-likeness (QED) is 0.497. The summed E-state index contributed by atoms with van der Waals surface area (Å²) < 4.78 is 28.7. The molecule has 0 atom stereocenters. The van der Waals surface area contributed by atoms with Crippen LogP contribution in [-0.4, -0.2) is 56.1 Å². The molecule has 0 aliphatic carbocycles. The van der Waals surface area contributed by atoms with E-state index in [1.165, 1.54) is 15.6 Å². The van der Waals surface area contributed by atoms with Gasteiger partial charge < -0.3 is 4.90 Å². The van der Waals surface area contributed by atoms with Crippen molar-refractivity contribution in [1.29, 1.82) is 0 Å². The Morgan fingerprint density at radius 2 is 1.63 bits per heavy atom. The highest BCUT2D eigenvalue weighted by molar-refractivity contribution is 9.11. The van der Waals surface area contributed by atoms with Crippen molar-refractivity contribution in [1.82, 2.24) is 9.21 Å². The van der Waals surface area contributed by atoms with Crippen LogP contribution in [-0.2, 0) is 10.0 Å². The lowest BCUT2D eigenvalue weighted by Gasteiger charge is -2.33. The Morgan fingerprint density at radius 3 is 2.19 bits per heavy atom. The van der Waals surface area contributed by atoms with E-state index in [4.69, 9.17) is 0 Å². The highest BCUT2D eigenvalue weighted by Crippen LogP contribution is 2.24. The van der Waals surface area contributed by atoms with Crippen molar-refractivity contribution in [3.63, 3.8) is 0 Å². The molecule has 1 saturated heterocycles. The fourth-order valence-electron chi connectivity index (χ4n) is 2.80. The summed E-state index contributed by atoms with van der Waals surface area (Å²) in [5.74, 6) is 0.130. The van der Waals surface area contributed by atoms with Crippen LogP contribution >= 0.6 is 55.6 Å². The third-order valence-corrected chi connectivity index (χ3v) is 8.39. The Labute approximate surface area is 186 Å². The number of carbonyl (C=O) groups excluding carboxylic acids is 1. The van der Waals surface area contributed by atoms with E-state index >= 15 is 0 Å².